The highest BCUT2D eigenvalue weighted by atomic mass is 15.1. The summed E-state index contributed by atoms with van der Waals surface area (Å²) < 4.78 is 0. The summed E-state index contributed by atoms with van der Waals surface area (Å²) in [7, 11) is 0. The van der Waals surface area contributed by atoms with Crippen LogP contribution < -0.4 is 10.6 Å². The highest BCUT2D eigenvalue weighted by Gasteiger charge is 2.24. The smallest absolute Gasteiger partial charge is 0.157 e. The zero-order chi connectivity index (χ0) is 19.5. The van der Waals surface area contributed by atoms with Crippen LogP contribution in [0, 0.1) is 6.92 Å². The third kappa shape index (κ3) is 3.88. The van der Waals surface area contributed by atoms with Gasteiger partial charge in [0.15, 0.2) is 5.65 Å². The molecule has 148 valence electrons. The summed E-state index contributed by atoms with van der Waals surface area (Å²) in [5.41, 5.74) is 7.01. The lowest BCUT2D eigenvalue weighted by Gasteiger charge is -2.18. The van der Waals surface area contributed by atoms with Gasteiger partial charge in [-0.1, -0.05) is 26.0 Å². The first-order valence-electron chi connectivity index (χ1n) is 10.3. The number of imidazole rings is 1. The van der Waals surface area contributed by atoms with Crippen molar-refractivity contribution in [3.8, 4) is 0 Å². The number of aromatic nitrogens is 3. The van der Waals surface area contributed by atoms with Crippen molar-refractivity contribution in [2.75, 3.05) is 31.5 Å². The zero-order valence-electron chi connectivity index (χ0n) is 17.0. The monoisotopic (exact) mass is 378 g/mol. The van der Waals surface area contributed by atoms with Crippen LogP contribution in [0.4, 0.5) is 5.69 Å². The van der Waals surface area contributed by atoms with Crippen molar-refractivity contribution in [1.29, 1.82) is 0 Å². The molecule has 3 aromatic rings. The van der Waals surface area contributed by atoms with Crippen molar-refractivity contribution in [2.24, 2.45) is 0 Å². The van der Waals surface area contributed by atoms with Gasteiger partial charge in [0, 0.05) is 37.1 Å². The van der Waals surface area contributed by atoms with Gasteiger partial charge in [-0.3, -0.25) is 0 Å². The Balaban J connectivity index is 1.41. The van der Waals surface area contributed by atoms with Gasteiger partial charge < -0.3 is 20.5 Å². The van der Waals surface area contributed by atoms with Crippen LogP contribution in [0.15, 0.2) is 30.5 Å². The summed E-state index contributed by atoms with van der Waals surface area (Å²) in [6, 6.07) is 9.10. The van der Waals surface area contributed by atoms with Crippen molar-refractivity contribution in [3.05, 3.63) is 53.0 Å². The Kier molecular flexibility index (Phi) is 5.59. The van der Waals surface area contributed by atoms with Crippen LogP contribution in [0.1, 0.15) is 42.4 Å². The lowest BCUT2D eigenvalue weighted by atomic mass is 10.0. The Bertz CT molecular complexity index is 943. The number of aromatic amines is 1. The third-order valence-corrected chi connectivity index (χ3v) is 5.66. The van der Waals surface area contributed by atoms with Crippen molar-refractivity contribution < 1.29 is 0 Å². The SMILES string of the molecule is CCN(CC)CCNCc1ccc2c(c1)CC(c1ccnc3[nH]c(C)nc13)N2. The summed E-state index contributed by atoms with van der Waals surface area (Å²) in [6.07, 6.45) is 2.85. The first-order valence-corrected chi connectivity index (χ1v) is 10.3. The molecule has 6 nitrogen and oxygen atoms in total. The van der Waals surface area contributed by atoms with Gasteiger partial charge in [-0.05, 0) is 49.7 Å². The minimum atomic E-state index is 0.245. The fraction of sp³-hybridized carbons (Fsp3) is 0.455. The number of nitrogens with one attached hydrogen (secondary N) is 3. The van der Waals surface area contributed by atoms with Gasteiger partial charge in [0.05, 0.1) is 6.04 Å². The van der Waals surface area contributed by atoms with E-state index in [1.54, 1.807) is 0 Å². The van der Waals surface area contributed by atoms with Crippen LogP contribution in [-0.2, 0) is 13.0 Å². The predicted octanol–water partition coefficient (Wildman–Crippen LogP) is 3.41. The number of rotatable bonds is 8. The van der Waals surface area contributed by atoms with E-state index < -0.39 is 0 Å². The molecule has 0 aliphatic carbocycles. The van der Waals surface area contributed by atoms with Crippen molar-refractivity contribution in [1.82, 2.24) is 25.2 Å². The topological polar surface area (TPSA) is 68.9 Å². The molecular formula is C22H30N6. The van der Waals surface area contributed by atoms with Crippen LogP contribution in [0.3, 0.4) is 0 Å². The Morgan fingerprint density at radius 3 is 2.89 bits per heavy atom. The second-order valence-electron chi connectivity index (χ2n) is 7.52. The molecule has 0 saturated carbocycles. The summed E-state index contributed by atoms with van der Waals surface area (Å²) >= 11 is 0. The van der Waals surface area contributed by atoms with Gasteiger partial charge in [-0.2, -0.15) is 0 Å². The van der Waals surface area contributed by atoms with Crippen molar-refractivity contribution >= 4 is 16.9 Å². The third-order valence-electron chi connectivity index (χ3n) is 5.66. The number of aryl methyl sites for hydroxylation is 1. The molecule has 28 heavy (non-hydrogen) atoms. The van der Waals surface area contributed by atoms with Gasteiger partial charge in [0.1, 0.15) is 11.3 Å². The van der Waals surface area contributed by atoms with E-state index in [2.05, 4.69) is 68.6 Å². The summed E-state index contributed by atoms with van der Waals surface area (Å²) in [5.74, 6) is 0.906. The molecule has 2 aromatic heterocycles. The van der Waals surface area contributed by atoms with Crippen LogP contribution in [0.5, 0.6) is 0 Å². The fourth-order valence-corrected chi connectivity index (χ4v) is 4.05. The van der Waals surface area contributed by atoms with Crippen molar-refractivity contribution in [3.63, 3.8) is 0 Å². The first kappa shape index (κ1) is 18.9. The molecule has 3 N–H and O–H groups in total. The van der Waals surface area contributed by atoms with E-state index >= 15 is 0 Å². The number of fused-ring (bicyclic) bond motifs is 2. The second-order valence-corrected chi connectivity index (χ2v) is 7.52. The second kappa shape index (κ2) is 8.29. The lowest BCUT2D eigenvalue weighted by Crippen LogP contribution is -2.31. The van der Waals surface area contributed by atoms with E-state index in [0.717, 1.165) is 56.1 Å². The maximum absolute atomic E-state index is 4.64. The number of H-pyrrole nitrogens is 1. The van der Waals surface area contributed by atoms with Gasteiger partial charge in [0.25, 0.3) is 0 Å². The average molecular weight is 379 g/mol. The standard InChI is InChI=1S/C22H30N6/c1-4-28(5-2)11-10-23-14-16-6-7-19-17(12-16)13-20(27-19)18-8-9-24-22-21(18)25-15(3)26-22/h6-9,12,20,23,27H,4-5,10-11,13-14H2,1-3H3,(H,24,25,26). The molecule has 0 radical (unpaired) electrons. The van der Waals surface area contributed by atoms with Crippen LogP contribution in [-0.4, -0.2) is 46.0 Å². The summed E-state index contributed by atoms with van der Waals surface area (Å²) in [6.45, 7) is 11.7. The number of pyridine rings is 1. The molecule has 6 heteroatoms. The number of likely N-dealkylation sites (N-methyl/N-ethyl adjacent to an activating group) is 1. The van der Waals surface area contributed by atoms with Gasteiger partial charge in [0.2, 0.25) is 0 Å². The molecule has 1 aliphatic rings. The molecule has 0 spiro atoms. The van der Waals surface area contributed by atoms with Crippen LogP contribution >= 0.6 is 0 Å². The quantitative estimate of drug-likeness (QED) is 0.524. The molecule has 1 aliphatic heterocycles. The van der Waals surface area contributed by atoms with Gasteiger partial charge in [-0.25, -0.2) is 9.97 Å². The van der Waals surface area contributed by atoms with Crippen LogP contribution in [0.25, 0.3) is 11.2 Å². The van der Waals surface area contributed by atoms with E-state index in [0.29, 0.717) is 0 Å². The molecule has 1 unspecified atom stereocenters. The number of hydrogen-bond donors (Lipinski definition) is 3. The maximum atomic E-state index is 4.64. The zero-order valence-corrected chi connectivity index (χ0v) is 17.0. The molecule has 4 rings (SSSR count). The number of anilines is 1. The lowest BCUT2D eigenvalue weighted by molar-refractivity contribution is 0.302. The number of hydrogen-bond acceptors (Lipinski definition) is 5. The molecule has 1 atom stereocenters. The fourth-order valence-electron chi connectivity index (χ4n) is 4.05. The molecule has 3 heterocycles. The largest absolute Gasteiger partial charge is 0.378 e. The Hall–Kier alpha value is -2.44. The van der Waals surface area contributed by atoms with Gasteiger partial charge in [-0.15, -0.1) is 0 Å². The van der Waals surface area contributed by atoms with E-state index in [1.807, 2.05) is 13.1 Å². The Morgan fingerprint density at radius 1 is 1.21 bits per heavy atom. The minimum Gasteiger partial charge on any atom is -0.378 e. The molecular weight excluding hydrogens is 348 g/mol. The Labute approximate surface area is 166 Å². The summed E-state index contributed by atoms with van der Waals surface area (Å²) in [5, 5.41) is 7.25. The number of benzene rings is 1. The van der Waals surface area contributed by atoms with E-state index in [1.165, 1.54) is 22.4 Å². The maximum Gasteiger partial charge on any atom is 0.157 e. The molecule has 0 fully saturated rings. The summed E-state index contributed by atoms with van der Waals surface area (Å²) in [4.78, 5) is 14.7. The average Bonchev–Trinajstić information content (AvgIpc) is 3.29. The first-order chi connectivity index (χ1) is 13.7. The van der Waals surface area contributed by atoms with E-state index in [4.69, 9.17) is 0 Å². The number of nitrogens with zero attached hydrogens (tertiary/aromatic N) is 3. The highest BCUT2D eigenvalue weighted by Crippen LogP contribution is 2.36. The Morgan fingerprint density at radius 2 is 2.07 bits per heavy atom. The van der Waals surface area contributed by atoms with Crippen LogP contribution in [0.2, 0.25) is 0 Å². The molecule has 1 aromatic carbocycles. The molecule has 0 amide bonds. The van der Waals surface area contributed by atoms with Gasteiger partial charge >= 0.3 is 0 Å². The van der Waals surface area contributed by atoms with E-state index in [9.17, 15) is 0 Å². The van der Waals surface area contributed by atoms with E-state index in [-0.39, 0.29) is 6.04 Å². The molecule has 0 saturated heterocycles. The molecule has 0 bridgehead atoms. The van der Waals surface area contributed by atoms with Crippen molar-refractivity contribution in [2.45, 2.75) is 39.8 Å². The normalized spacial score (nSPS) is 15.9. The highest BCUT2D eigenvalue weighted by molar-refractivity contribution is 5.77. The minimum absolute atomic E-state index is 0.245. The predicted molar refractivity (Wildman–Crippen MR) is 115 cm³/mol.